The standard InChI is InChI=1S/C15H25N3O/c1-11-6-7-17-9-13(11)15(8-16)18-14-5-3-2-4-12(14)10-19/h6-7,9,12,14-15,18-19H,2-5,8,10,16H2,1H3. The highest BCUT2D eigenvalue weighted by atomic mass is 16.3. The summed E-state index contributed by atoms with van der Waals surface area (Å²) in [7, 11) is 0. The van der Waals surface area contributed by atoms with Gasteiger partial charge in [0.2, 0.25) is 0 Å². The Morgan fingerprint density at radius 3 is 2.95 bits per heavy atom. The van der Waals surface area contributed by atoms with Gasteiger partial charge < -0.3 is 16.2 Å². The van der Waals surface area contributed by atoms with Crippen LogP contribution >= 0.6 is 0 Å². The van der Waals surface area contributed by atoms with Crippen molar-refractivity contribution in [1.82, 2.24) is 10.3 Å². The summed E-state index contributed by atoms with van der Waals surface area (Å²) in [4.78, 5) is 4.20. The van der Waals surface area contributed by atoms with Crippen LogP contribution in [-0.2, 0) is 0 Å². The molecule has 2 rings (SSSR count). The molecule has 4 N–H and O–H groups in total. The van der Waals surface area contributed by atoms with Crippen LogP contribution in [-0.4, -0.2) is 29.3 Å². The summed E-state index contributed by atoms with van der Waals surface area (Å²) >= 11 is 0. The van der Waals surface area contributed by atoms with E-state index in [9.17, 15) is 5.11 Å². The molecule has 1 aliphatic rings. The molecular weight excluding hydrogens is 238 g/mol. The minimum absolute atomic E-state index is 0.130. The smallest absolute Gasteiger partial charge is 0.0474 e. The predicted molar refractivity (Wildman–Crippen MR) is 76.7 cm³/mol. The number of aliphatic hydroxyl groups excluding tert-OH is 1. The van der Waals surface area contributed by atoms with Crippen molar-refractivity contribution in [2.75, 3.05) is 13.2 Å². The lowest BCUT2D eigenvalue weighted by Crippen LogP contribution is -2.44. The van der Waals surface area contributed by atoms with E-state index in [1.165, 1.54) is 24.0 Å². The maximum absolute atomic E-state index is 9.49. The minimum Gasteiger partial charge on any atom is -0.396 e. The van der Waals surface area contributed by atoms with Gasteiger partial charge in [0.05, 0.1) is 0 Å². The molecule has 0 spiro atoms. The Hall–Kier alpha value is -0.970. The zero-order valence-electron chi connectivity index (χ0n) is 11.7. The van der Waals surface area contributed by atoms with Crippen molar-refractivity contribution < 1.29 is 5.11 Å². The topological polar surface area (TPSA) is 71.2 Å². The number of aliphatic hydroxyl groups is 1. The molecule has 0 aromatic carbocycles. The van der Waals surface area contributed by atoms with Gasteiger partial charge in [0, 0.05) is 37.6 Å². The summed E-state index contributed by atoms with van der Waals surface area (Å²) in [6.07, 6.45) is 8.40. The molecule has 19 heavy (non-hydrogen) atoms. The third kappa shape index (κ3) is 3.53. The highest BCUT2D eigenvalue weighted by molar-refractivity contribution is 5.25. The molecule has 1 aliphatic carbocycles. The molecule has 1 fully saturated rings. The first-order valence-electron chi connectivity index (χ1n) is 7.23. The van der Waals surface area contributed by atoms with Crippen LogP contribution in [0.2, 0.25) is 0 Å². The Morgan fingerprint density at radius 2 is 2.26 bits per heavy atom. The predicted octanol–water partition coefficient (Wildman–Crippen LogP) is 1.53. The van der Waals surface area contributed by atoms with Crippen molar-refractivity contribution in [3.05, 3.63) is 29.6 Å². The average molecular weight is 263 g/mol. The van der Waals surface area contributed by atoms with Gasteiger partial charge in [-0.2, -0.15) is 0 Å². The lowest BCUT2D eigenvalue weighted by Gasteiger charge is -2.34. The van der Waals surface area contributed by atoms with Gasteiger partial charge in [0.25, 0.3) is 0 Å². The molecule has 0 bridgehead atoms. The van der Waals surface area contributed by atoms with Gasteiger partial charge in [-0.05, 0) is 42.9 Å². The molecule has 3 atom stereocenters. The van der Waals surface area contributed by atoms with Crippen LogP contribution in [0.15, 0.2) is 18.5 Å². The molecule has 1 aromatic rings. The summed E-state index contributed by atoms with van der Waals surface area (Å²) in [6.45, 7) is 2.91. The van der Waals surface area contributed by atoms with Crippen molar-refractivity contribution in [3.8, 4) is 0 Å². The summed E-state index contributed by atoms with van der Waals surface area (Å²) < 4.78 is 0. The van der Waals surface area contributed by atoms with Gasteiger partial charge in [-0.25, -0.2) is 0 Å². The molecular formula is C15H25N3O. The lowest BCUT2D eigenvalue weighted by atomic mass is 9.84. The molecule has 1 heterocycles. The molecule has 0 amide bonds. The van der Waals surface area contributed by atoms with Crippen molar-refractivity contribution in [2.45, 2.75) is 44.7 Å². The second-order valence-corrected chi connectivity index (χ2v) is 5.52. The Bertz CT molecular complexity index is 397. The number of hydrogen-bond donors (Lipinski definition) is 3. The van der Waals surface area contributed by atoms with Gasteiger partial charge >= 0.3 is 0 Å². The summed E-state index contributed by atoms with van der Waals surface area (Å²) in [6, 6.07) is 2.52. The molecule has 0 saturated heterocycles. The van der Waals surface area contributed by atoms with Crippen LogP contribution in [0.5, 0.6) is 0 Å². The molecule has 1 aromatic heterocycles. The number of rotatable bonds is 5. The van der Waals surface area contributed by atoms with E-state index in [0.29, 0.717) is 18.5 Å². The first-order chi connectivity index (χ1) is 9.26. The van der Waals surface area contributed by atoms with E-state index < -0.39 is 0 Å². The van der Waals surface area contributed by atoms with Crippen molar-refractivity contribution in [3.63, 3.8) is 0 Å². The number of nitrogens with zero attached hydrogens (tertiary/aromatic N) is 1. The first kappa shape index (κ1) is 14.4. The van der Waals surface area contributed by atoms with Gasteiger partial charge in [0.1, 0.15) is 0 Å². The zero-order chi connectivity index (χ0) is 13.7. The van der Waals surface area contributed by atoms with Crippen LogP contribution in [0, 0.1) is 12.8 Å². The van der Waals surface area contributed by atoms with E-state index in [1.807, 2.05) is 18.5 Å². The number of aryl methyl sites for hydroxylation is 1. The number of nitrogens with two attached hydrogens (primary N) is 1. The monoisotopic (exact) mass is 263 g/mol. The van der Waals surface area contributed by atoms with Gasteiger partial charge in [-0.1, -0.05) is 12.8 Å². The third-order valence-corrected chi connectivity index (χ3v) is 4.25. The molecule has 106 valence electrons. The SMILES string of the molecule is Cc1ccncc1C(CN)NC1CCCCC1CO. The number of hydrogen-bond acceptors (Lipinski definition) is 4. The van der Waals surface area contributed by atoms with Crippen molar-refractivity contribution in [2.24, 2.45) is 11.7 Å². The molecule has 4 heteroatoms. The lowest BCUT2D eigenvalue weighted by molar-refractivity contribution is 0.146. The third-order valence-electron chi connectivity index (χ3n) is 4.25. The Balaban J connectivity index is 2.08. The molecule has 0 aliphatic heterocycles. The van der Waals surface area contributed by atoms with E-state index >= 15 is 0 Å². The number of pyridine rings is 1. The second-order valence-electron chi connectivity index (χ2n) is 5.52. The van der Waals surface area contributed by atoms with Crippen molar-refractivity contribution in [1.29, 1.82) is 0 Å². The van der Waals surface area contributed by atoms with Gasteiger partial charge in [-0.15, -0.1) is 0 Å². The highest BCUT2D eigenvalue weighted by Crippen LogP contribution is 2.26. The largest absolute Gasteiger partial charge is 0.396 e. The Morgan fingerprint density at radius 1 is 1.47 bits per heavy atom. The van der Waals surface area contributed by atoms with Crippen LogP contribution < -0.4 is 11.1 Å². The molecule has 4 nitrogen and oxygen atoms in total. The Kier molecular flexibility index (Phi) is 5.31. The van der Waals surface area contributed by atoms with E-state index in [-0.39, 0.29) is 12.6 Å². The first-order valence-corrected chi connectivity index (χ1v) is 7.23. The highest BCUT2D eigenvalue weighted by Gasteiger charge is 2.27. The summed E-state index contributed by atoms with van der Waals surface area (Å²) in [5, 5.41) is 13.1. The Labute approximate surface area is 115 Å². The molecule has 0 radical (unpaired) electrons. The van der Waals surface area contributed by atoms with E-state index in [2.05, 4.69) is 17.2 Å². The number of aromatic nitrogens is 1. The quantitative estimate of drug-likeness (QED) is 0.753. The van der Waals surface area contributed by atoms with Gasteiger partial charge in [0.15, 0.2) is 0 Å². The summed E-state index contributed by atoms with van der Waals surface area (Å²) in [5.41, 5.74) is 8.32. The van der Waals surface area contributed by atoms with Crippen molar-refractivity contribution >= 4 is 0 Å². The van der Waals surface area contributed by atoms with Crippen LogP contribution in [0.25, 0.3) is 0 Å². The average Bonchev–Trinajstić information content (AvgIpc) is 2.46. The summed E-state index contributed by atoms with van der Waals surface area (Å²) in [5.74, 6) is 0.361. The maximum Gasteiger partial charge on any atom is 0.0474 e. The van der Waals surface area contributed by atoms with Crippen LogP contribution in [0.4, 0.5) is 0 Å². The van der Waals surface area contributed by atoms with E-state index in [1.54, 1.807) is 0 Å². The molecule has 3 unspecified atom stereocenters. The number of nitrogens with one attached hydrogen (secondary N) is 1. The fourth-order valence-electron chi connectivity index (χ4n) is 3.03. The molecule has 1 saturated carbocycles. The fraction of sp³-hybridized carbons (Fsp3) is 0.667. The zero-order valence-corrected chi connectivity index (χ0v) is 11.7. The minimum atomic E-state index is 0.130. The second kappa shape index (κ2) is 6.98. The van der Waals surface area contributed by atoms with E-state index in [4.69, 9.17) is 5.73 Å². The fourth-order valence-corrected chi connectivity index (χ4v) is 3.03. The normalized spacial score (nSPS) is 25.2. The van der Waals surface area contributed by atoms with Crippen LogP contribution in [0.1, 0.15) is 42.9 Å². The van der Waals surface area contributed by atoms with Crippen LogP contribution in [0.3, 0.4) is 0 Å². The van der Waals surface area contributed by atoms with E-state index in [0.717, 1.165) is 12.8 Å². The van der Waals surface area contributed by atoms with Gasteiger partial charge in [-0.3, -0.25) is 4.98 Å². The maximum atomic E-state index is 9.49.